The van der Waals surface area contributed by atoms with Gasteiger partial charge in [-0.15, -0.1) is 0 Å². The highest BCUT2D eigenvalue weighted by Crippen LogP contribution is 2.29. The molecule has 3 aromatic rings. The van der Waals surface area contributed by atoms with Crippen LogP contribution in [0.1, 0.15) is 34.0 Å². The number of hydrogen-bond acceptors (Lipinski definition) is 6. The Balaban J connectivity index is 1.60. The van der Waals surface area contributed by atoms with Gasteiger partial charge in [0.15, 0.2) is 18.1 Å². The number of hydrazone groups is 1. The highest BCUT2D eigenvalue weighted by atomic mass is 19.1. The molecule has 0 bridgehead atoms. The van der Waals surface area contributed by atoms with Gasteiger partial charge in [0.05, 0.1) is 18.4 Å². The van der Waals surface area contributed by atoms with E-state index in [1.54, 1.807) is 31.2 Å². The summed E-state index contributed by atoms with van der Waals surface area (Å²) in [4.78, 5) is 24.4. The zero-order valence-electron chi connectivity index (χ0n) is 19.1. The third-order valence-corrected chi connectivity index (χ3v) is 4.87. The fourth-order valence-electron chi connectivity index (χ4n) is 2.94. The van der Waals surface area contributed by atoms with Crippen LogP contribution >= 0.6 is 0 Å². The standard InChI is InChI=1S/C26H25FN2O5/c1-4-32-24-14-19(8-13-23(24)34-26(31)20-9-11-21(27)12-10-20)15-28-29-25(30)16-33-22-7-5-6-17(2)18(22)3/h5-15H,4,16H2,1-3H3,(H,29,30)/b28-15+. The number of carbonyl (C=O) groups is 2. The molecular weight excluding hydrogens is 439 g/mol. The van der Waals surface area contributed by atoms with E-state index in [9.17, 15) is 14.0 Å². The lowest BCUT2D eigenvalue weighted by atomic mass is 10.1. The Labute approximate surface area is 197 Å². The molecular formula is C26H25FN2O5. The van der Waals surface area contributed by atoms with E-state index in [2.05, 4.69) is 10.5 Å². The molecule has 0 aromatic heterocycles. The van der Waals surface area contributed by atoms with Gasteiger partial charge < -0.3 is 14.2 Å². The van der Waals surface area contributed by atoms with Gasteiger partial charge in [-0.05, 0) is 86.0 Å². The van der Waals surface area contributed by atoms with Crippen molar-refractivity contribution in [2.24, 2.45) is 5.10 Å². The highest BCUT2D eigenvalue weighted by molar-refractivity contribution is 5.91. The summed E-state index contributed by atoms with van der Waals surface area (Å²) in [6.07, 6.45) is 1.43. The van der Waals surface area contributed by atoms with E-state index in [0.717, 1.165) is 11.1 Å². The highest BCUT2D eigenvalue weighted by Gasteiger charge is 2.13. The van der Waals surface area contributed by atoms with Crippen molar-refractivity contribution in [1.82, 2.24) is 5.43 Å². The molecule has 176 valence electrons. The minimum atomic E-state index is -0.640. The molecule has 1 amide bonds. The van der Waals surface area contributed by atoms with Crippen LogP contribution in [-0.2, 0) is 4.79 Å². The molecule has 0 unspecified atom stereocenters. The molecule has 0 spiro atoms. The zero-order chi connectivity index (χ0) is 24.5. The van der Waals surface area contributed by atoms with Crippen molar-refractivity contribution in [2.45, 2.75) is 20.8 Å². The molecule has 8 heteroatoms. The number of carbonyl (C=O) groups excluding carboxylic acids is 2. The summed E-state index contributed by atoms with van der Waals surface area (Å²) in [7, 11) is 0. The molecule has 1 N–H and O–H groups in total. The number of halogens is 1. The largest absolute Gasteiger partial charge is 0.490 e. The Morgan fingerprint density at radius 3 is 2.47 bits per heavy atom. The molecule has 0 saturated heterocycles. The summed E-state index contributed by atoms with van der Waals surface area (Å²) in [6, 6.07) is 15.5. The van der Waals surface area contributed by atoms with Gasteiger partial charge in [-0.3, -0.25) is 4.79 Å². The Morgan fingerprint density at radius 1 is 0.971 bits per heavy atom. The first-order valence-corrected chi connectivity index (χ1v) is 10.6. The predicted octanol–water partition coefficient (Wildman–Crippen LogP) is 4.59. The summed E-state index contributed by atoms with van der Waals surface area (Å²) >= 11 is 0. The molecule has 0 radical (unpaired) electrons. The smallest absolute Gasteiger partial charge is 0.343 e. The van der Waals surface area contributed by atoms with Crippen LogP contribution in [0.3, 0.4) is 0 Å². The van der Waals surface area contributed by atoms with Gasteiger partial charge in [-0.25, -0.2) is 14.6 Å². The first kappa shape index (κ1) is 24.4. The Kier molecular flexibility index (Phi) is 8.34. The van der Waals surface area contributed by atoms with Gasteiger partial charge in [-0.2, -0.15) is 5.10 Å². The number of esters is 1. The van der Waals surface area contributed by atoms with Crippen LogP contribution in [0, 0.1) is 19.7 Å². The summed E-state index contributed by atoms with van der Waals surface area (Å²) in [5, 5.41) is 3.94. The van der Waals surface area contributed by atoms with Gasteiger partial charge in [0, 0.05) is 0 Å². The SMILES string of the molecule is CCOc1cc(/C=N/NC(=O)COc2cccc(C)c2C)ccc1OC(=O)c1ccc(F)cc1. The molecule has 0 fully saturated rings. The summed E-state index contributed by atoms with van der Waals surface area (Å²) in [6.45, 7) is 5.86. The van der Waals surface area contributed by atoms with E-state index in [4.69, 9.17) is 14.2 Å². The van der Waals surface area contributed by atoms with Crippen molar-refractivity contribution in [3.8, 4) is 17.2 Å². The molecule has 0 atom stereocenters. The second kappa shape index (κ2) is 11.6. The summed E-state index contributed by atoms with van der Waals surface area (Å²) in [5.41, 5.74) is 5.28. The minimum absolute atomic E-state index is 0.176. The van der Waals surface area contributed by atoms with Crippen molar-refractivity contribution < 1.29 is 28.2 Å². The normalized spacial score (nSPS) is 10.7. The van der Waals surface area contributed by atoms with Crippen molar-refractivity contribution in [3.05, 3.63) is 88.7 Å². The van der Waals surface area contributed by atoms with E-state index in [1.165, 1.54) is 30.5 Å². The van der Waals surface area contributed by atoms with E-state index in [1.807, 2.05) is 26.0 Å². The van der Waals surface area contributed by atoms with E-state index in [0.29, 0.717) is 23.7 Å². The number of hydrogen-bond donors (Lipinski definition) is 1. The lowest BCUT2D eigenvalue weighted by molar-refractivity contribution is -0.123. The number of amides is 1. The molecule has 0 saturated carbocycles. The lowest BCUT2D eigenvalue weighted by Crippen LogP contribution is -2.24. The van der Waals surface area contributed by atoms with Gasteiger partial charge >= 0.3 is 5.97 Å². The summed E-state index contributed by atoms with van der Waals surface area (Å²) in [5.74, 6) is -0.318. The molecule has 3 rings (SSSR count). The first-order valence-electron chi connectivity index (χ1n) is 10.6. The number of nitrogens with zero attached hydrogens (tertiary/aromatic N) is 1. The maximum atomic E-state index is 13.1. The topological polar surface area (TPSA) is 86.2 Å². The van der Waals surface area contributed by atoms with Crippen LogP contribution in [-0.4, -0.2) is 31.3 Å². The predicted molar refractivity (Wildman–Crippen MR) is 126 cm³/mol. The Morgan fingerprint density at radius 2 is 1.74 bits per heavy atom. The quantitative estimate of drug-likeness (QED) is 0.217. The monoisotopic (exact) mass is 464 g/mol. The van der Waals surface area contributed by atoms with E-state index in [-0.39, 0.29) is 17.9 Å². The number of ether oxygens (including phenoxy) is 3. The number of benzene rings is 3. The van der Waals surface area contributed by atoms with Crippen LogP contribution in [0.15, 0.2) is 65.8 Å². The van der Waals surface area contributed by atoms with Crippen molar-refractivity contribution in [1.29, 1.82) is 0 Å². The van der Waals surface area contributed by atoms with Gasteiger partial charge in [-0.1, -0.05) is 12.1 Å². The molecule has 7 nitrogen and oxygen atoms in total. The molecule has 0 heterocycles. The van der Waals surface area contributed by atoms with Crippen molar-refractivity contribution in [3.63, 3.8) is 0 Å². The second-order valence-electron chi connectivity index (χ2n) is 7.32. The molecule has 0 aliphatic heterocycles. The van der Waals surface area contributed by atoms with Crippen LogP contribution in [0.5, 0.6) is 17.2 Å². The number of rotatable bonds is 9. The maximum Gasteiger partial charge on any atom is 0.343 e. The molecule has 0 aliphatic rings. The van der Waals surface area contributed by atoms with E-state index < -0.39 is 17.7 Å². The maximum absolute atomic E-state index is 13.1. The number of aryl methyl sites for hydroxylation is 1. The third kappa shape index (κ3) is 6.65. The summed E-state index contributed by atoms with van der Waals surface area (Å²) < 4.78 is 29.6. The van der Waals surface area contributed by atoms with E-state index >= 15 is 0 Å². The molecule has 3 aromatic carbocycles. The van der Waals surface area contributed by atoms with Gasteiger partial charge in [0.2, 0.25) is 0 Å². The van der Waals surface area contributed by atoms with Crippen LogP contribution in [0.2, 0.25) is 0 Å². The lowest BCUT2D eigenvalue weighted by Gasteiger charge is -2.11. The average Bonchev–Trinajstić information content (AvgIpc) is 2.82. The zero-order valence-corrected chi connectivity index (χ0v) is 19.1. The number of nitrogens with one attached hydrogen (secondary N) is 1. The van der Waals surface area contributed by atoms with Gasteiger partial charge in [0.25, 0.3) is 5.91 Å². The first-order chi connectivity index (χ1) is 16.4. The van der Waals surface area contributed by atoms with Crippen molar-refractivity contribution in [2.75, 3.05) is 13.2 Å². The van der Waals surface area contributed by atoms with Gasteiger partial charge in [0.1, 0.15) is 11.6 Å². The van der Waals surface area contributed by atoms with Crippen molar-refractivity contribution >= 4 is 18.1 Å². The second-order valence-corrected chi connectivity index (χ2v) is 7.32. The molecule has 34 heavy (non-hydrogen) atoms. The average molecular weight is 464 g/mol. The van der Waals surface area contributed by atoms with Crippen LogP contribution in [0.25, 0.3) is 0 Å². The fraction of sp³-hybridized carbons (Fsp3) is 0.192. The Hall–Kier alpha value is -4.20. The fourth-order valence-corrected chi connectivity index (χ4v) is 2.94. The van der Waals surface area contributed by atoms with Crippen LogP contribution in [0.4, 0.5) is 4.39 Å². The van der Waals surface area contributed by atoms with Crippen LogP contribution < -0.4 is 19.6 Å². The Bertz CT molecular complexity index is 1190. The molecule has 0 aliphatic carbocycles. The third-order valence-electron chi connectivity index (χ3n) is 4.87. The minimum Gasteiger partial charge on any atom is -0.490 e.